The number of anilines is 1. The minimum Gasteiger partial charge on any atom is -0.478 e. The number of carbonyl (C=O) groups excluding carboxylic acids is 2. The van der Waals surface area contributed by atoms with Crippen LogP contribution in [0.25, 0.3) is 10.4 Å². The number of thiophene rings is 1. The third-order valence-electron chi connectivity index (χ3n) is 4.69. The summed E-state index contributed by atoms with van der Waals surface area (Å²) in [6, 6.07) is 11.1. The first kappa shape index (κ1) is 24.9. The molecule has 2 amide bonds. The van der Waals surface area contributed by atoms with Gasteiger partial charge in [0.05, 0.1) is 16.0 Å². The number of carboxylic acid groups (broad SMARTS) is 1. The number of benzene rings is 2. The van der Waals surface area contributed by atoms with Crippen molar-refractivity contribution in [1.82, 2.24) is 5.32 Å². The molecule has 0 saturated carbocycles. The minimum atomic E-state index is -4.53. The third-order valence-corrected chi connectivity index (χ3v) is 5.83. The van der Waals surface area contributed by atoms with Crippen LogP contribution in [0, 0.1) is 0 Å². The van der Waals surface area contributed by atoms with E-state index in [1.807, 2.05) is 0 Å². The quantitative estimate of drug-likeness (QED) is 0.347. The highest BCUT2D eigenvalue weighted by molar-refractivity contribution is 7.17. The van der Waals surface area contributed by atoms with Crippen LogP contribution in [0.15, 0.2) is 54.6 Å². The molecule has 0 spiro atoms. The molecule has 0 saturated heterocycles. The lowest BCUT2D eigenvalue weighted by atomic mass is 10.1. The molecule has 3 aromatic rings. The first-order chi connectivity index (χ1) is 16.1. The predicted molar refractivity (Wildman–Crippen MR) is 122 cm³/mol. The summed E-state index contributed by atoms with van der Waals surface area (Å²) < 4.78 is 38.2. The number of aromatic carboxylic acids is 1. The highest BCUT2D eigenvalue weighted by Crippen LogP contribution is 2.32. The molecule has 2 aromatic carbocycles. The van der Waals surface area contributed by atoms with Gasteiger partial charge in [0.2, 0.25) is 0 Å². The van der Waals surface area contributed by atoms with E-state index in [2.05, 4.69) is 10.6 Å². The Hall–Kier alpha value is -3.70. The van der Waals surface area contributed by atoms with Crippen LogP contribution in [-0.2, 0) is 6.18 Å². The lowest BCUT2D eigenvalue weighted by Crippen LogP contribution is -2.25. The van der Waals surface area contributed by atoms with Gasteiger partial charge in [-0.3, -0.25) is 9.59 Å². The number of alkyl halides is 3. The van der Waals surface area contributed by atoms with Crippen LogP contribution in [0.2, 0.25) is 0 Å². The van der Waals surface area contributed by atoms with E-state index >= 15 is 0 Å². The van der Waals surface area contributed by atoms with Gasteiger partial charge in [-0.2, -0.15) is 13.2 Å². The van der Waals surface area contributed by atoms with Crippen LogP contribution >= 0.6 is 11.3 Å². The Balaban J connectivity index is 1.83. The van der Waals surface area contributed by atoms with Gasteiger partial charge in [0, 0.05) is 22.7 Å². The fraction of sp³-hybridized carbons (Fsp3) is 0.174. The maximum absolute atomic E-state index is 12.7. The van der Waals surface area contributed by atoms with Crippen molar-refractivity contribution in [2.75, 3.05) is 18.4 Å². The number of amides is 2. The van der Waals surface area contributed by atoms with E-state index in [1.165, 1.54) is 18.2 Å². The van der Waals surface area contributed by atoms with E-state index in [4.69, 9.17) is 5.73 Å². The number of halogens is 3. The summed E-state index contributed by atoms with van der Waals surface area (Å²) in [6.45, 7) is 0.871. The van der Waals surface area contributed by atoms with Crippen LogP contribution in [-0.4, -0.2) is 36.0 Å². The summed E-state index contributed by atoms with van der Waals surface area (Å²) in [5.41, 5.74) is 4.98. The average Bonchev–Trinajstić information content (AvgIpc) is 3.29. The third kappa shape index (κ3) is 6.21. The van der Waals surface area contributed by atoms with Crippen LogP contribution < -0.4 is 16.4 Å². The lowest BCUT2D eigenvalue weighted by Gasteiger charge is -2.10. The molecular weight excluding hydrogens is 471 g/mol. The van der Waals surface area contributed by atoms with Crippen LogP contribution in [0.5, 0.6) is 0 Å². The maximum Gasteiger partial charge on any atom is 0.416 e. The van der Waals surface area contributed by atoms with E-state index in [0.29, 0.717) is 34.8 Å². The van der Waals surface area contributed by atoms with Gasteiger partial charge in [0.25, 0.3) is 11.8 Å². The van der Waals surface area contributed by atoms with Crippen LogP contribution in [0.3, 0.4) is 0 Å². The second-order valence-electron chi connectivity index (χ2n) is 7.20. The molecule has 0 radical (unpaired) electrons. The zero-order chi connectivity index (χ0) is 24.9. The van der Waals surface area contributed by atoms with Gasteiger partial charge >= 0.3 is 12.1 Å². The molecule has 7 nitrogen and oxygen atoms in total. The second kappa shape index (κ2) is 10.5. The molecule has 178 valence electrons. The van der Waals surface area contributed by atoms with Crippen LogP contribution in [0.4, 0.5) is 18.9 Å². The molecule has 34 heavy (non-hydrogen) atoms. The summed E-state index contributed by atoms with van der Waals surface area (Å²) in [7, 11) is 0. The molecular formula is C23H20F3N3O4S. The molecule has 0 fully saturated rings. The van der Waals surface area contributed by atoms with Crippen molar-refractivity contribution in [3.8, 4) is 10.4 Å². The van der Waals surface area contributed by atoms with E-state index in [0.717, 1.165) is 35.6 Å². The van der Waals surface area contributed by atoms with Crippen molar-refractivity contribution < 1.29 is 32.7 Å². The van der Waals surface area contributed by atoms with Crippen molar-refractivity contribution in [3.05, 3.63) is 76.2 Å². The van der Waals surface area contributed by atoms with Crippen molar-refractivity contribution in [2.45, 2.75) is 12.6 Å². The van der Waals surface area contributed by atoms with Gasteiger partial charge in [-0.25, -0.2) is 4.79 Å². The molecule has 5 N–H and O–H groups in total. The molecule has 0 aliphatic heterocycles. The molecule has 1 heterocycles. The zero-order valence-electron chi connectivity index (χ0n) is 17.6. The van der Waals surface area contributed by atoms with Crippen molar-refractivity contribution in [3.63, 3.8) is 0 Å². The lowest BCUT2D eigenvalue weighted by molar-refractivity contribution is -0.137. The molecule has 0 atom stereocenters. The SMILES string of the molecule is NCCCNC(=O)c1ccc(-c2cc(NC(=O)c3ccc(C(F)(F)F)cc3)cc(C(=O)O)c2)s1. The fourth-order valence-corrected chi connectivity index (χ4v) is 3.90. The second-order valence-corrected chi connectivity index (χ2v) is 8.28. The van der Waals surface area contributed by atoms with E-state index in [9.17, 15) is 32.7 Å². The van der Waals surface area contributed by atoms with Gasteiger partial charge in [0.15, 0.2) is 0 Å². The average molecular weight is 491 g/mol. The first-order valence-corrected chi connectivity index (χ1v) is 10.9. The van der Waals surface area contributed by atoms with Crippen LogP contribution in [0.1, 0.15) is 42.4 Å². The molecule has 11 heteroatoms. The fourth-order valence-electron chi connectivity index (χ4n) is 2.99. The number of hydrogen-bond donors (Lipinski definition) is 4. The largest absolute Gasteiger partial charge is 0.478 e. The summed E-state index contributed by atoms with van der Waals surface area (Å²) in [5.74, 6) is -2.22. The Morgan fingerprint density at radius 2 is 1.65 bits per heavy atom. The Morgan fingerprint density at radius 1 is 0.941 bits per heavy atom. The summed E-state index contributed by atoms with van der Waals surface area (Å²) >= 11 is 1.14. The summed E-state index contributed by atoms with van der Waals surface area (Å²) in [5, 5.41) is 14.7. The maximum atomic E-state index is 12.7. The monoisotopic (exact) mass is 491 g/mol. The summed E-state index contributed by atoms with van der Waals surface area (Å²) in [6.07, 6.45) is -3.90. The number of rotatable bonds is 8. The highest BCUT2D eigenvalue weighted by Gasteiger charge is 2.30. The predicted octanol–water partition coefficient (Wildman–Crippen LogP) is 4.46. The molecule has 0 unspecified atom stereocenters. The van der Waals surface area contributed by atoms with E-state index in [1.54, 1.807) is 12.1 Å². The van der Waals surface area contributed by atoms with E-state index in [-0.39, 0.29) is 22.7 Å². The van der Waals surface area contributed by atoms with Gasteiger partial charge in [-0.05, 0) is 73.1 Å². The number of nitrogens with two attached hydrogens (primary N) is 1. The smallest absolute Gasteiger partial charge is 0.416 e. The Kier molecular flexibility index (Phi) is 7.69. The van der Waals surface area contributed by atoms with Crippen molar-refractivity contribution in [2.24, 2.45) is 5.73 Å². The van der Waals surface area contributed by atoms with Crippen molar-refractivity contribution in [1.29, 1.82) is 0 Å². The molecule has 1 aromatic heterocycles. The topological polar surface area (TPSA) is 122 Å². The number of carbonyl (C=O) groups is 3. The number of hydrogen-bond acceptors (Lipinski definition) is 5. The Bertz CT molecular complexity index is 1210. The Morgan fingerprint density at radius 3 is 2.26 bits per heavy atom. The standard InChI is InChI=1S/C23H20F3N3O4S/c24-23(25,26)16-4-2-13(3-5-16)20(30)29-17-11-14(10-15(12-17)22(32)33)18-6-7-19(34-18)21(31)28-9-1-8-27/h2-7,10-12H,1,8-9,27H2,(H,28,31)(H,29,30)(H,32,33). The molecule has 3 rings (SSSR count). The molecule has 0 bridgehead atoms. The Labute approximate surface area is 196 Å². The van der Waals surface area contributed by atoms with Gasteiger partial charge in [0.1, 0.15) is 0 Å². The summed E-state index contributed by atoms with van der Waals surface area (Å²) in [4.78, 5) is 37.4. The molecule has 0 aliphatic carbocycles. The first-order valence-electron chi connectivity index (χ1n) is 10.0. The van der Waals surface area contributed by atoms with E-state index < -0.39 is 23.6 Å². The number of nitrogens with one attached hydrogen (secondary N) is 2. The van der Waals surface area contributed by atoms with Gasteiger partial charge in [-0.1, -0.05) is 0 Å². The van der Waals surface area contributed by atoms with Gasteiger partial charge in [-0.15, -0.1) is 11.3 Å². The number of carboxylic acids is 1. The highest BCUT2D eigenvalue weighted by atomic mass is 32.1. The van der Waals surface area contributed by atoms with Crippen molar-refractivity contribution >= 4 is 34.8 Å². The minimum absolute atomic E-state index is 0.0251. The normalized spacial score (nSPS) is 11.2. The molecule has 0 aliphatic rings. The van der Waals surface area contributed by atoms with Gasteiger partial charge < -0.3 is 21.5 Å². The zero-order valence-corrected chi connectivity index (χ0v) is 18.4.